The number of benzene rings is 1. The first-order chi connectivity index (χ1) is 16.9. The lowest BCUT2D eigenvalue weighted by Crippen LogP contribution is -2.43. The lowest BCUT2D eigenvalue weighted by Gasteiger charge is -2.36. The molecule has 1 saturated heterocycles. The van der Waals surface area contributed by atoms with E-state index in [-0.39, 0.29) is 40.3 Å². The van der Waals surface area contributed by atoms with Gasteiger partial charge < -0.3 is 9.64 Å². The van der Waals surface area contributed by atoms with Crippen molar-refractivity contribution >= 4 is 16.9 Å². The van der Waals surface area contributed by atoms with Crippen LogP contribution in [0.15, 0.2) is 35.5 Å². The maximum atomic E-state index is 14.7. The molecule has 0 spiro atoms. The number of fused-ring (bicyclic) bond motifs is 1. The van der Waals surface area contributed by atoms with E-state index in [2.05, 4.69) is 25.3 Å². The van der Waals surface area contributed by atoms with E-state index in [1.165, 1.54) is 6.20 Å². The van der Waals surface area contributed by atoms with Gasteiger partial charge in [0.25, 0.3) is 5.56 Å². The van der Waals surface area contributed by atoms with Gasteiger partial charge in [0, 0.05) is 29.9 Å². The number of rotatable bonds is 4. The fourth-order valence-electron chi connectivity index (χ4n) is 4.37. The van der Waals surface area contributed by atoms with Gasteiger partial charge in [0.2, 0.25) is 5.95 Å². The van der Waals surface area contributed by atoms with E-state index >= 15 is 0 Å². The van der Waals surface area contributed by atoms with Crippen LogP contribution in [0.2, 0.25) is 0 Å². The molecule has 2 atom stereocenters. The van der Waals surface area contributed by atoms with Gasteiger partial charge in [-0.1, -0.05) is 0 Å². The van der Waals surface area contributed by atoms with Gasteiger partial charge in [-0.2, -0.15) is 10.2 Å². The van der Waals surface area contributed by atoms with Crippen LogP contribution in [0.4, 0.5) is 19.1 Å². The standard InChI is InChI=1S/C23H20F3N7O2/c1-11-8-32(10-19(35-11)12-6-28-33(9-12)13-2-3-13)23-29-20(14-4-17(25)18(26)5-16(14)24)15-7-27-31-22(34)21(15)30-23/h4-7,9,11,13,19H,2-3,8,10H2,1H3,(H,31,34)/t11-,19-/m1/s1. The molecule has 6 rings (SSSR count). The molecule has 1 N–H and O–H groups in total. The van der Waals surface area contributed by atoms with E-state index in [1.54, 1.807) is 6.20 Å². The highest BCUT2D eigenvalue weighted by Crippen LogP contribution is 2.36. The zero-order chi connectivity index (χ0) is 24.3. The van der Waals surface area contributed by atoms with Gasteiger partial charge in [-0.3, -0.25) is 9.48 Å². The molecule has 0 amide bonds. The van der Waals surface area contributed by atoms with Crippen molar-refractivity contribution in [3.8, 4) is 11.3 Å². The minimum Gasteiger partial charge on any atom is -0.367 e. The van der Waals surface area contributed by atoms with Crippen LogP contribution in [0.25, 0.3) is 22.2 Å². The number of aromatic nitrogens is 6. The molecule has 0 unspecified atom stereocenters. The first kappa shape index (κ1) is 21.7. The smallest absolute Gasteiger partial charge is 0.290 e. The normalized spacial score (nSPS) is 20.5. The summed E-state index contributed by atoms with van der Waals surface area (Å²) in [7, 11) is 0. The van der Waals surface area contributed by atoms with Crippen molar-refractivity contribution < 1.29 is 17.9 Å². The van der Waals surface area contributed by atoms with Crippen LogP contribution in [-0.4, -0.2) is 49.1 Å². The van der Waals surface area contributed by atoms with Crippen LogP contribution < -0.4 is 10.5 Å². The summed E-state index contributed by atoms with van der Waals surface area (Å²) in [5.74, 6) is -3.43. The molecule has 9 nitrogen and oxygen atoms in total. The summed E-state index contributed by atoms with van der Waals surface area (Å²) in [5.41, 5.74) is -0.103. The van der Waals surface area contributed by atoms with Crippen LogP contribution in [0.1, 0.15) is 37.5 Å². The van der Waals surface area contributed by atoms with Gasteiger partial charge in [-0.05, 0) is 25.8 Å². The second-order valence-electron chi connectivity index (χ2n) is 8.90. The number of halogens is 3. The summed E-state index contributed by atoms with van der Waals surface area (Å²) in [5, 5.41) is 10.6. The molecule has 35 heavy (non-hydrogen) atoms. The third kappa shape index (κ3) is 3.93. The third-order valence-electron chi connectivity index (χ3n) is 6.23. The number of anilines is 1. The van der Waals surface area contributed by atoms with Crippen molar-refractivity contribution in [2.75, 3.05) is 18.0 Å². The van der Waals surface area contributed by atoms with Gasteiger partial charge >= 0.3 is 0 Å². The highest BCUT2D eigenvalue weighted by Gasteiger charge is 2.32. The Balaban J connectivity index is 1.44. The number of H-pyrrole nitrogens is 1. The Labute approximate surface area is 196 Å². The van der Waals surface area contributed by atoms with Gasteiger partial charge in [0.1, 0.15) is 17.4 Å². The zero-order valence-electron chi connectivity index (χ0n) is 18.6. The van der Waals surface area contributed by atoms with Crippen molar-refractivity contribution in [2.45, 2.75) is 38.0 Å². The van der Waals surface area contributed by atoms with E-state index < -0.39 is 23.0 Å². The predicted octanol–water partition coefficient (Wildman–Crippen LogP) is 3.30. The Morgan fingerprint density at radius 1 is 1.06 bits per heavy atom. The molecule has 4 heterocycles. The lowest BCUT2D eigenvalue weighted by molar-refractivity contribution is -0.0178. The summed E-state index contributed by atoms with van der Waals surface area (Å²) >= 11 is 0. The van der Waals surface area contributed by atoms with Crippen LogP contribution in [0.3, 0.4) is 0 Å². The SMILES string of the molecule is C[C@@H]1CN(c2nc(-c3cc(F)c(F)cc3F)c3cn[nH]c(=O)c3n2)C[C@H](c2cnn(C3CC3)c2)O1. The Morgan fingerprint density at radius 2 is 1.86 bits per heavy atom. The maximum Gasteiger partial charge on any atom is 0.290 e. The van der Waals surface area contributed by atoms with Gasteiger partial charge in [0.15, 0.2) is 11.6 Å². The van der Waals surface area contributed by atoms with E-state index in [9.17, 15) is 18.0 Å². The van der Waals surface area contributed by atoms with Crippen molar-refractivity contribution in [2.24, 2.45) is 0 Å². The molecule has 1 aliphatic heterocycles. The van der Waals surface area contributed by atoms with E-state index in [0.717, 1.165) is 18.4 Å². The van der Waals surface area contributed by atoms with Gasteiger partial charge in [-0.15, -0.1) is 0 Å². The zero-order valence-corrected chi connectivity index (χ0v) is 18.6. The van der Waals surface area contributed by atoms with E-state index in [1.807, 2.05) is 22.7 Å². The Bertz CT molecular complexity index is 1500. The van der Waals surface area contributed by atoms with Crippen LogP contribution in [0.5, 0.6) is 0 Å². The van der Waals surface area contributed by atoms with E-state index in [0.29, 0.717) is 31.3 Å². The molecular formula is C23H20F3N7O2. The summed E-state index contributed by atoms with van der Waals surface area (Å²) in [6, 6.07) is 1.59. The van der Waals surface area contributed by atoms with Gasteiger partial charge in [-0.25, -0.2) is 28.2 Å². The van der Waals surface area contributed by atoms with E-state index in [4.69, 9.17) is 4.74 Å². The molecule has 0 radical (unpaired) electrons. The Hall–Kier alpha value is -3.80. The third-order valence-corrected chi connectivity index (χ3v) is 6.23. The molecule has 4 aromatic rings. The molecule has 2 aliphatic rings. The molecule has 1 saturated carbocycles. The molecule has 12 heteroatoms. The van der Waals surface area contributed by atoms with Crippen molar-refractivity contribution in [3.63, 3.8) is 0 Å². The number of aromatic amines is 1. The second kappa shape index (κ2) is 8.15. The van der Waals surface area contributed by atoms with Crippen LogP contribution in [-0.2, 0) is 4.74 Å². The number of nitrogens with zero attached hydrogens (tertiary/aromatic N) is 6. The lowest BCUT2D eigenvalue weighted by atomic mass is 10.1. The fourth-order valence-corrected chi connectivity index (χ4v) is 4.37. The average molecular weight is 483 g/mol. The Kier molecular flexibility index (Phi) is 5.06. The van der Waals surface area contributed by atoms with Crippen LogP contribution >= 0.6 is 0 Å². The fraction of sp³-hybridized carbons (Fsp3) is 0.348. The number of nitrogens with one attached hydrogen (secondary N) is 1. The highest BCUT2D eigenvalue weighted by molar-refractivity contribution is 5.92. The minimum absolute atomic E-state index is 0.0404. The highest BCUT2D eigenvalue weighted by atomic mass is 19.2. The molecule has 3 aromatic heterocycles. The Morgan fingerprint density at radius 3 is 2.66 bits per heavy atom. The van der Waals surface area contributed by atoms with Crippen molar-refractivity contribution in [3.05, 3.63) is 64.1 Å². The summed E-state index contributed by atoms with van der Waals surface area (Å²) < 4.78 is 50.4. The quantitative estimate of drug-likeness (QED) is 0.445. The second-order valence-corrected chi connectivity index (χ2v) is 8.90. The molecule has 1 aliphatic carbocycles. The average Bonchev–Trinajstić information content (AvgIpc) is 3.57. The topological polar surface area (TPSA) is 102 Å². The molecule has 1 aromatic carbocycles. The van der Waals surface area contributed by atoms with Crippen molar-refractivity contribution in [1.29, 1.82) is 0 Å². The maximum absolute atomic E-state index is 14.7. The predicted molar refractivity (Wildman–Crippen MR) is 119 cm³/mol. The first-order valence-corrected chi connectivity index (χ1v) is 11.2. The molecule has 0 bridgehead atoms. The van der Waals surface area contributed by atoms with Crippen molar-refractivity contribution in [1.82, 2.24) is 29.9 Å². The summed E-state index contributed by atoms with van der Waals surface area (Å²) in [4.78, 5) is 23.3. The monoisotopic (exact) mass is 483 g/mol. The largest absolute Gasteiger partial charge is 0.367 e. The molecular weight excluding hydrogens is 463 g/mol. The molecule has 180 valence electrons. The number of hydrogen-bond acceptors (Lipinski definition) is 7. The summed E-state index contributed by atoms with van der Waals surface area (Å²) in [6.07, 6.45) is 6.67. The van der Waals surface area contributed by atoms with Gasteiger partial charge in [0.05, 0.1) is 42.2 Å². The molecule has 2 fully saturated rings. The van der Waals surface area contributed by atoms with Crippen LogP contribution in [0, 0.1) is 17.5 Å². The first-order valence-electron chi connectivity index (χ1n) is 11.2. The number of hydrogen-bond donors (Lipinski definition) is 1. The number of ether oxygens (including phenoxy) is 1. The summed E-state index contributed by atoms with van der Waals surface area (Å²) in [6.45, 7) is 2.66. The number of morpholine rings is 1. The minimum atomic E-state index is -1.32.